The molecule has 1 amide bonds. The van der Waals surface area contributed by atoms with E-state index in [1.54, 1.807) is 0 Å². The lowest BCUT2D eigenvalue weighted by Gasteiger charge is -2.30. The summed E-state index contributed by atoms with van der Waals surface area (Å²) in [7, 11) is -4.30. The number of nitrogens with zero attached hydrogens (tertiary/aromatic N) is 1. The van der Waals surface area contributed by atoms with Crippen molar-refractivity contribution in [1.29, 1.82) is 0 Å². The predicted octanol–water partition coefficient (Wildman–Crippen LogP) is 6.44. The van der Waals surface area contributed by atoms with Crippen molar-refractivity contribution in [2.75, 3.05) is 11.9 Å². The van der Waals surface area contributed by atoms with Crippen LogP contribution in [-0.2, 0) is 46.6 Å². The Morgan fingerprint density at radius 1 is 0.974 bits per heavy atom. The predicted molar refractivity (Wildman–Crippen MR) is 128 cm³/mol. The van der Waals surface area contributed by atoms with Gasteiger partial charge in [0.2, 0.25) is 15.9 Å². The van der Waals surface area contributed by atoms with Crippen LogP contribution in [-0.4, -0.2) is 25.2 Å². The van der Waals surface area contributed by atoms with Crippen LogP contribution in [0.4, 0.5) is 36.4 Å². The van der Waals surface area contributed by atoms with E-state index in [4.69, 9.17) is 11.6 Å². The zero-order valence-corrected chi connectivity index (χ0v) is 21.2. The highest BCUT2D eigenvalue weighted by Gasteiger charge is 2.35. The SMILES string of the molecule is O=C(Cc1ccc(C(F)(F)F)c(F)c1)Nc1c(Cl)ccc2c1CCN(S(=O)(=O)c1cccc(C(F)(F)F)c1)C2. The number of anilines is 1. The minimum absolute atomic E-state index is 0.0164. The van der Waals surface area contributed by atoms with Crippen LogP contribution in [0.25, 0.3) is 0 Å². The maximum atomic E-state index is 13.9. The summed E-state index contributed by atoms with van der Waals surface area (Å²) in [6.07, 6.45) is -10.0. The third-order valence-electron chi connectivity index (χ3n) is 6.08. The molecule has 1 heterocycles. The molecule has 0 saturated carbocycles. The van der Waals surface area contributed by atoms with Gasteiger partial charge < -0.3 is 5.32 Å². The van der Waals surface area contributed by atoms with Crippen molar-refractivity contribution in [2.45, 2.75) is 36.6 Å². The Morgan fingerprint density at radius 3 is 2.33 bits per heavy atom. The van der Waals surface area contributed by atoms with E-state index in [2.05, 4.69) is 5.32 Å². The second-order valence-electron chi connectivity index (χ2n) is 8.71. The first-order chi connectivity index (χ1) is 18.1. The lowest BCUT2D eigenvalue weighted by Crippen LogP contribution is -2.36. The number of fused-ring (bicyclic) bond motifs is 1. The molecule has 0 spiro atoms. The standard InChI is InChI=1S/C25H18ClF7N2O3S/c26-20-7-5-15-13-35(39(37,38)17-3-1-2-16(12-17)24(28,29)30)9-8-18(15)23(20)34-22(36)11-14-4-6-19(21(27)10-14)25(31,32)33/h1-7,10,12H,8-9,11,13H2,(H,34,36). The van der Waals surface area contributed by atoms with Gasteiger partial charge in [-0.15, -0.1) is 0 Å². The van der Waals surface area contributed by atoms with E-state index in [1.807, 2.05) is 0 Å². The molecule has 4 rings (SSSR count). The number of sulfonamides is 1. The Morgan fingerprint density at radius 2 is 1.69 bits per heavy atom. The molecule has 5 nitrogen and oxygen atoms in total. The smallest absolute Gasteiger partial charge is 0.324 e. The highest BCUT2D eigenvalue weighted by atomic mass is 35.5. The van der Waals surface area contributed by atoms with Crippen molar-refractivity contribution in [3.05, 3.63) is 93.3 Å². The molecule has 208 valence electrons. The zero-order valence-electron chi connectivity index (χ0n) is 19.6. The lowest BCUT2D eigenvalue weighted by molar-refractivity contribution is -0.140. The van der Waals surface area contributed by atoms with E-state index >= 15 is 0 Å². The van der Waals surface area contributed by atoms with Crippen molar-refractivity contribution in [2.24, 2.45) is 0 Å². The third kappa shape index (κ3) is 6.20. The van der Waals surface area contributed by atoms with E-state index < -0.39 is 56.5 Å². The van der Waals surface area contributed by atoms with Gasteiger partial charge in [0, 0.05) is 13.1 Å². The van der Waals surface area contributed by atoms with Gasteiger partial charge in [0.15, 0.2) is 0 Å². The fraction of sp³-hybridized carbons (Fsp3) is 0.240. The maximum Gasteiger partial charge on any atom is 0.419 e. The minimum atomic E-state index is -4.88. The first kappa shape index (κ1) is 28.8. The summed E-state index contributed by atoms with van der Waals surface area (Å²) in [5.74, 6) is -2.23. The number of carbonyl (C=O) groups excluding carboxylic acids is 1. The van der Waals surface area contributed by atoms with E-state index in [9.17, 15) is 43.9 Å². The number of amides is 1. The van der Waals surface area contributed by atoms with Crippen LogP contribution < -0.4 is 5.32 Å². The summed E-state index contributed by atoms with van der Waals surface area (Å²) in [6.45, 7) is -0.336. The fourth-order valence-electron chi connectivity index (χ4n) is 4.19. The monoisotopic (exact) mass is 594 g/mol. The number of nitrogens with one attached hydrogen (secondary N) is 1. The Hall–Kier alpha value is -3.16. The van der Waals surface area contributed by atoms with Crippen LogP contribution in [0.5, 0.6) is 0 Å². The molecule has 0 bridgehead atoms. The molecule has 14 heteroatoms. The average Bonchev–Trinajstić information content (AvgIpc) is 2.84. The molecular formula is C25H18ClF7N2O3S. The van der Waals surface area contributed by atoms with Gasteiger partial charge in [-0.1, -0.05) is 29.8 Å². The van der Waals surface area contributed by atoms with Gasteiger partial charge in [-0.25, -0.2) is 12.8 Å². The van der Waals surface area contributed by atoms with E-state index in [-0.39, 0.29) is 35.8 Å². The number of rotatable bonds is 5. The molecule has 0 atom stereocenters. The topological polar surface area (TPSA) is 66.5 Å². The minimum Gasteiger partial charge on any atom is -0.324 e. The first-order valence-corrected chi connectivity index (χ1v) is 13.0. The second-order valence-corrected chi connectivity index (χ2v) is 11.1. The highest BCUT2D eigenvalue weighted by Crippen LogP contribution is 2.36. The summed E-state index contributed by atoms with van der Waals surface area (Å²) in [5, 5.41) is 2.66. The fourth-order valence-corrected chi connectivity index (χ4v) is 5.88. The molecule has 0 unspecified atom stereocenters. The van der Waals surface area contributed by atoms with Gasteiger partial charge in [-0.2, -0.15) is 30.6 Å². The Balaban J connectivity index is 1.54. The molecular weight excluding hydrogens is 577 g/mol. The van der Waals surface area contributed by atoms with Gasteiger partial charge in [0.05, 0.1) is 33.2 Å². The van der Waals surface area contributed by atoms with Gasteiger partial charge in [-0.3, -0.25) is 4.79 Å². The van der Waals surface area contributed by atoms with E-state index in [1.165, 1.54) is 12.1 Å². The van der Waals surface area contributed by atoms with Crippen LogP contribution in [0, 0.1) is 5.82 Å². The highest BCUT2D eigenvalue weighted by molar-refractivity contribution is 7.89. The largest absolute Gasteiger partial charge is 0.419 e. The molecule has 3 aromatic rings. The van der Waals surface area contributed by atoms with Crippen molar-refractivity contribution in [1.82, 2.24) is 4.31 Å². The Kier molecular flexibility index (Phi) is 7.71. The summed E-state index contributed by atoms with van der Waals surface area (Å²) < 4.78 is 119. The summed E-state index contributed by atoms with van der Waals surface area (Å²) >= 11 is 6.25. The van der Waals surface area contributed by atoms with Crippen LogP contribution in [0.1, 0.15) is 27.8 Å². The number of halogens is 8. The summed E-state index contributed by atoms with van der Waals surface area (Å²) in [6, 6.07) is 8.44. The van der Waals surface area contributed by atoms with E-state index in [0.717, 1.165) is 28.6 Å². The van der Waals surface area contributed by atoms with E-state index in [0.29, 0.717) is 29.3 Å². The van der Waals surface area contributed by atoms with Crippen molar-refractivity contribution < 1.29 is 43.9 Å². The molecule has 1 aliphatic rings. The van der Waals surface area contributed by atoms with Crippen molar-refractivity contribution >= 4 is 33.2 Å². The molecule has 0 fully saturated rings. The van der Waals surface area contributed by atoms with Crippen molar-refractivity contribution in [3.63, 3.8) is 0 Å². The van der Waals surface area contributed by atoms with Gasteiger partial charge in [0.25, 0.3) is 0 Å². The van der Waals surface area contributed by atoms with Gasteiger partial charge >= 0.3 is 12.4 Å². The van der Waals surface area contributed by atoms with Crippen LogP contribution in [0.2, 0.25) is 5.02 Å². The second kappa shape index (κ2) is 10.4. The van der Waals surface area contributed by atoms with Crippen molar-refractivity contribution in [3.8, 4) is 0 Å². The maximum absolute atomic E-state index is 13.9. The van der Waals surface area contributed by atoms with Gasteiger partial charge in [-0.05, 0) is 59.5 Å². The average molecular weight is 595 g/mol. The molecule has 0 aliphatic carbocycles. The van der Waals surface area contributed by atoms with Crippen LogP contribution in [0.3, 0.4) is 0 Å². The number of benzene rings is 3. The molecule has 1 aliphatic heterocycles. The lowest BCUT2D eigenvalue weighted by atomic mass is 9.98. The molecule has 0 aromatic heterocycles. The molecule has 1 N–H and O–H groups in total. The van der Waals surface area contributed by atoms with Gasteiger partial charge in [0.1, 0.15) is 5.82 Å². The molecule has 3 aromatic carbocycles. The summed E-state index contributed by atoms with van der Waals surface area (Å²) in [4.78, 5) is 12.1. The number of alkyl halides is 6. The first-order valence-electron chi connectivity index (χ1n) is 11.2. The molecule has 39 heavy (non-hydrogen) atoms. The zero-order chi connectivity index (χ0) is 28.8. The molecule has 0 radical (unpaired) electrons. The quantitative estimate of drug-likeness (QED) is 0.346. The third-order valence-corrected chi connectivity index (χ3v) is 8.24. The van der Waals surface area contributed by atoms with Crippen LogP contribution in [0.15, 0.2) is 59.5 Å². The number of hydrogen-bond donors (Lipinski definition) is 1. The normalized spacial score (nSPS) is 14.7. The Bertz CT molecular complexity index is 1540. The molecule has 0 saturated heterocycles. The summed E-state index contributed by atoms with van der Waals surface area (Å²) in [5.41, 5.74) is -1.50. The number of hydrogen-bond acceptors (Lipinski definition) is 3. The van der Waals surface area contributed by atoms with Crippen LogP contribution >= 0.6 is 11.6 Å². The Labute approximate surface area is 223 Å². The number of carbonyl (C=O) groups is 1.